The number of carbonyl (C=O) groups excluding carboxylic acids is 2. The summed E-state index contributed by atoms with van der Waals surface area (Å²) in [5, 5.41) is 0.440. The fourth-order valence-electron chi connectivity index (χ4n) is 4.80. The largest absolute Gasteiger partial charge is 0.497 e. The van der Waals surface area contributed by atoms with Crippen LogP contribution in [-0.2, 0) is 0 Å². The lowest BCUT2D eigenvalue weighted by atomic mass is 10.1. The van der Waals surface area contributed by atoms with Gasteiger partial charge in [0.05, 0.1) is 29.0 Å². The third-order valence-electron chi connectivity index (χ3n) is 6.84. The molecule has 5 rings (SSSR count). The number of carbonyl (C=O) groups is 2. The van der Waals surface area contributed by atoms with Gasteiger partial charge in [0, 0.05) is 37.6 Å². The van der Waals surface area contributed by atoms with Gasteiger partial charge in [-0.15, -0.1) is 0 Å². The number of piperazine rings is 1. The zero-order valence-corrected chi connectivity index (χ0v) is 21.6. The minimum Gasteiger partial charge on any atom is -0.497 e. The molecule has 0 radical (unpaired) electrons. The maximum atomic E-state index is 13.7. The molecule has 0 spiro atoms. The average Bonchev–Trinajstić information content (AvgIpc) is 3.30. The van der Waals surface area contributed by atoms with Gasteiger partial charge in [-0.1, -0.05) is 41.9 Å². The second-order valence-electron chi connectivity index (χ2n) is 8.99. The number of benzene rings is 3. The van der Waals surface area contributed by atoms with Crippen molar-refractivity contribution in [2.75, 3.05) is 33.3 Å². The van der Waals surface area contributed by atoms with Crippen LogP contribution in [0.1, 0.15) is 26.4 Å². The Bertz CT molecular complexity index is 1420. The summed E-state index contributed by atoms with van der Waals surface area (Å²) >= 11 is 6.23. The molecule has 3 aromatic carbocycles. The van der Waals surface area contributed by atoms with E-state index in [1.807, 2.05) is 72.5 Å². The van der Waals surface area contributed by atoms with E-state index in [1.54, 1.807) is 36.3 Å². The lowest BCUT2D eigenvalue weighted by Gasteiger charge is -2.35. The molecular formula is C30H28ClN3O3. The Hall–Kier alpha value is -4.03. The minimum absolute atomic E-state index is 0.0354. The monoisotopic (exact) mass is 513 g/mol. The molecule has 1 aromatic heterocycles. The number of methoxy groups -OCH3 is 1. The zero-order chi connectivity index (χ0) is 25.9. The van der Waals surface area contributed by atoms with Crippen LogP contribution in [-0.4, -0.2) is 59.5 Å². The highest BCUT2D eigenvalue weighted by atomic mass is 35.5. The lowest BCUT2D eigenvalue weighted by molar-refractivity contribution is 0.0535. The molecule has 1 saturated heterocycles. The molecule has 0 bridgehead atoms. The highest BCUT2D eigenvalue weighted by Crippen LogP contribution is 2.31. The third-order valence-corrected chi connectivity index (χ3v) is 7.17. The average molecular weight is 514 g/mol. The SMILES string of the molecule is COc1ccc(-c2cc(C(=O)N3CCN(C(=O)c4ccccc4Cl)CC3)c(C)n2-c2ccccc2)cc1. The Morgan fingerprint density at radius 2 is 1.32 bits per heavy atom. The number of ether oxygens (including phenoxy) is 1. The topological polar surface area (TPSA) is 54.8 Å². The van der Waals surface area contributed by atoms with Gasteiger partial charge < -0.3 is 19.1 Å². The van der Waals surface area contributed by atoms with E-state index in [1.165, 1.54) is 0 Å². The highest BCUT2D eigenvalue weighted by molar-refractivity contribution is 6.33. The third kappa shape index (κ3) is 4.85. The minimum atomic E-state index is -0.106. The van der Waals surface area contributed by atoms with Crippen LogP contribution < -0.4 is 4.74 Å². The lowest BCUT2D eigenvalue weighted by Crippen LogP contribution is -2.50. The standard InChI is InChI=1S/C30H28ClN3O3/c1-21-26(30(36)33-18-16-32(17-19-33)29(35)25-10-6-7-11-27(25)31)20-28(22-12-14-24(37-2)15-13-22)34(21)23-8-4-3-5-9-23/h3-15,20H,16-19H2,1-2H3. The first-order valence-corrected chi connectivity index (χ1v) is 12.6. The fraction of sp³-hybridized carbons (Fsp3) is 0.200. The van der Waals surface area contributed by atoms with Crippen molar-refractivity contribution in [2.45, 2.75) is 6.92 Å². The molecule has 0 atom stereocenters. The van der Waals surface area contributed by atoms with E-state index in [0.29, 0.717) is 42.3 Å². The zero-order valence-electron chi connectivity index (χ0n) is 20.9. The van der Waals surface area contributed by atoms with Gasteiger partial charge >= 0.3 is 0 Å². The number of hydrogen-bond donors (Lipinski definition) is 0. The number of amides is 2. The van der Waals surface area contributed by atoms with Gasteiger partial charge in [-0.2, -0.15) is 0 Å². The number of hydrogen-bond acceptors (Lipinski definition) is 3. The molecule has 188 valence electrons. The molecule has 0 N–H and O–H groups in total. The van der Waals surface area contributed by atoms with Crippen LogP contribution in [0, 0.1) is 6.92 Å². The summed E-state index contributed by atoms with van der Waals surface area (Å²) in [6, 6.07) is 26.9. The molecule has 37 heavy (non-hydrogen) atoms. The van der Waals surface area contributed by atoms with Crippen molar-refractivity contribution in [1.82, 2.24) is 14.4 Å². The predicted octanol–water partition coefficient (Wildman–Crippen LogP) is 5.71. The molecule has 0 unspecified atom stereocenters. The van der Waals surface area contributed by atoms with Crippen molar-refractivity contribution >= 4 is 23.4 Å². The van der Waals surface area contributed by atoms with Crippen LogP contribution in [0.5, 0.6) is 5.75 Å². The Kier molecular flexibility index (Phi) is 7.01. The van der Waals surface area contributed by atoms with Crippen LogP contribution >= 0.6 is 11.6 Å². The van der Waals surface area contributed by atoms with Crippen molar-refractivity contribution < 1.29 is 14.3 Å². The number of para-hydroxylation sites is 1. The fourth-order valence-corrected chi connectivity index (χ4v) is 5.01. The van der Waals surface area contributed by atoms with E-state index in [2.05, 4.69) is 4.57 Å². The van der Waals surface area contributed by atoms with Crippen molar-refractivity contribution in [3.8, 4) is 22.7 Å². The van der Waals surface area contributed by atoms with Crippen molar-refractivity contribution in [3.63, 3.8) is 0 Å². The molecule has 2 amide bonds. The Labute approximate surface area is 221 Å². The first kappa shape index (κ1) is 24.7. The molecule has 0 aliphatic carbocycles. The summed E-state index contributed by atoms with van der Waals surface area (Å²) in [7, 11) is 1.64. The maximum Gasteiger partial charge on any atom is 0.255 e. The number of halogens is 1. The van der Waals surface area contributed by atoms with Crippen LogP contribution in [0.15, 0.2) is 84.9 Å². The van der Waals surface area contributed by atoms with Gasteiger partial charge in [0.1, 0.15) is 5.75 Å². The number of aromatic nitrogens is 1. The second-order valence-corrected chi connectivity index (χ2v) is 9.40. The van der Waals surface area contributed by atoms with Crippen molar-refractivity contribution in [2.24, 2.45) is 0 Å². The van der Waals surface area contributed by atoms with Gasteiger partial charge in [0.25, 0.3) is 11.8 Å². The molecule has 6 nitrogen and oxygen atoms in total. The first-order valence-electron chi connectivity index (χ1n) is 12.2. The first-order chi connectivity index (χ1) is 18.0. The smallest absolute Gasteiger partial charge is 0.255 e. The van der Waals surface area contributed by atoms with Crippen LogP contribution in [0.25, 0.3) is 16.9 Å². The summed E-state index contributed by atoms with van der Waals surface area (Å²) in [5.41, 5.74) is 4.92. The van der Waals surface area contributed by atoms with Crippen LogP contribution in [0.3, 0.4) is 0 Å². The quantitative estimate of drug-likeness (QED) is 0.343. The summed E-state index contributed by atoms with van der Waals surface area (Å²) in [6.45, 7) is 3.81. The van der Waals surface area contributed by atoms with Gasteiger partial charge in [0.15, 0.2) is 0 Å². The van der Waals surface area contributed by atoms with Crippen molar-refractivity contribution in [3.05, 3.63) is 107 Å². The molecule has 1 aliphatic rings. The van der Waals surface area contributed by atoms with E-state index in [4.69, 9.17) is 16.3 Å². The van der Waals surface area contributed by atoms with Crippen LogP contribution in [0.4, 0.5) is 0 Å². The Balaban J connectivity index is 1.41. The molecule has 0 saturated carbocycles. The molecule has 2 heterocycles. The van der Waals surface area contributed by atoms with Crippen molar-refractivity contribution in [1.29, 1.82) is 0 Å². The molecular weight excluding hydrogens is 486 g/mol. The van der Waals surface area contributed by atoms with E-state index < -0.39 is 0 Å². The van der Waals surface area contributed by atoms with E-state index in [0.717, 1.165) is 28.4 Å². The summed E-state index contributed by atoms with van der Waals surface area (Å²) in [6.07, 6.45) is 0. The molecule has 1 fully saturated rings. The summed E-state index contributed by atoms with van der Waals surface area (Å²) < 4.78 is 7.44. The second kappa shape index (κ2) is 10.5. The molecule has 4 aromatic rings. The van der Waals surface area contributed by atoms with Crippen LogP contribution in [0.2, 0.25) is 5.02 Å². The highest BCUT2D eigenvalue weighted by Gasteiger charge is 2.29. The van der Waals surface area contributed by atoms with E-state index in [-0.39, 0.29) is 11.8 Å². The van der Waals surface area contributed by atoms with Gasteiger partial charge in [-0.25, -0.2) is 0 Å². The number of nitrogens with zero attached hydrogens (tertiary/aromatic N) is 3. The van der Waals surface area contributed by atoms with E-state index in [9.17, 15) is 9.59 Å². The van der Waals surface area contributed by atoms with E-state index >= 15 is 0 Å². The van der Waals surface area contributed by atoms with Gasteiger partial charge in [-0.05, 0) is 67.1 Å². The predicted molar refractivity (Wildman–Crippen MR) is 146 cm³/mol. The summed E-state index contributed by atoms with van der Waals surface area (Å²) in [4.78, 5) is 30.3. The molecule has 1 aliphatic heterocycles. The van der Waals surface area contributed by atoms with Gasteiger partial charge in [-0.3, -0.25) is 9.59 Å². The van der Waals surface area contributed by atoms with Gasteiger partial charge in [0.2, 0.25) is 0 Å². The summed E-state index contributed by atoms with van der Waals surface area (Å²) in [5.74, 6) is 0.636. The molecule has 7 heteroatoms. The number of rotatable bonds is 5. The Morgan fingerprint density at radius 1 is 0.757 bits per heavy atom. The maximum absolute atomic E-state index is 13.7. The Morgan fingerprint density at radius 3 is 1.92 bits per heavy atom. The normalized spacial score (nSPS) is 13.5.